The Morgan fingerprint density at radius 3 is 2.62 bits per heavy atom. The molecule has 1 aliphatic heterocycles. The van der Waals surface area contributed by atoms with E-state index in [1.807, 2.05) is 0 Å². The van der Waals surface area contributed by atoms with E-state index in [-0.39, 0.29) is 18.7 Å². The molecule has 0 spiro atoms. The first-order chi connectivity index (χ1) is 16.4. The molecular formula is C25H24FN3O5. The van der Waals surface area contributed by atoms with Crippen molar-refractivity contribution in [1.29, 1.82) is 0 Å². The van der Waals surface area contributed by atoms with Gasteiger partial charge in [-0.15, -0.1) is 0 Å². The van der Waals surface area contributed by atoms with Gasteiger partial charge in [-0.3, -0.25) is 9.59 Å². The molecule has 0 unspecified atom stereocenters. The lowest BCUT2D eigenvalue weighted by Gasteiger charge is -2.26. The van der Waals surface area contributed by atoms with Crippen LogP contribution in [0.4, 0.5) is 4.39 Å². The number of halogens is 1. The van der Waals surface area contributed by atoms with Crippen molar-refractivity contribution >= 4 is 17.5 Å². The Labute approximate surface area is 196 Å². The van der Waals surface area contributed by atoms with E-state index in [1.54, 1.807) is 49.6 Å². The molecule has 0 bridgehead atoms. The number of furan rings is 1. The Kier molecular flexibility index (Phi) is 6.62. The van der Waals surface area contributed by atoms with Crippen LogP contribution in [-0.2, 0) is 4.79 Å². The molecule has 0 saturated heterocycles. The second-order valence-corrected chi connectivity index (χ2v) is 7.73. The van der Waals surface area contributed by atoms with Gasteiger partial charge < -0.3 is 18.8 Å². The molecule has 0 fully saturated rings. The van der Waals surface area contributed by atoms with Gasteiger partial charge in [-0.1, -0.05) is 18.2 Å². The average molecular weight is 465 g/mol. The second-order valence-electron chi connectivity index (χ2n) is 7.73. The molecule has 4 rings (SSSR count). The standard InChI is InChI=1S/C25H24FN3O5/c1-28(25(31)23-9-6-12-34-23)15-24(30)29-21(18-13-16(32-2)10-11-22(18)33-3)14-20(27-29)17-7-4-5-8-19(17)26/h4-13,21H,14-15H2,1-3H3/t21-/m1/s1. The van der Waals surface area contributed by atoms with E-state index in [2.05, 4.69) is 5.10 Å². The molecule has 0 saturated carbocycles. The lowest BCUT2D eigenvalue weighted by Crippen LogP contribution is -2.39. The van der Waals surface area contributed by atoms with E-state index < -0.39 is 23.7 Å². The third-order valence-electron chi connectivity index (χ3n) is 5.60. The maximum absolute atomic E-state index is 14.5. The van der Waals surface area contributed by atoms with Gasteiger partial charge in [-0.25, -0.2) is 9.40 Å². The van der Waals surface area contributed by atoms with Crippen LogP contribution in [0.15, 0.2) is 70.4 Å². The van der Waals surface area contributed by atoms with Gasteiger partial charge in [-0.2, -0.15) is 5.10 Å². The molecule has 0 N–H and O–H groups in total. The summed E-state index contributed by atoms with van der Waals surface area (Å²) in [5, 5.41) is 5.77. The summed E-state index contributed by atoms with van der Waals surface area (Å²) >= 11 is 0. The number of amides is 2. The Balaban J connectivity index is 1.69. The summed E-state index contributed by atoms with van der Waals surface area (Å²) in [4.78, 5) is 27.2. The fourth-order valence-corrected chi connectivity index (χ4v) is 3.88. The molecule has 1 aliphatic rings. The van der Waals surface area contributed by atoms with Crippen molar-refractivity contribution in [2.75, 3.05) is 27.8 Å². The van der Waals surface area contributed by atoms with E-state index in [0.29, 0.717) is 28.3 Å². The van der Waals surface area contributed by atoms with E-state index in [0.717, 1.165) is 0 Å². The molecule has 34 heavy (non-hydrogen) atoms. The zero-order valence-corrected chi connectivity index (χ0v) is 19.0. The highest BCUT2D eigenvalue weighted by atomic mass is 19.1. The molecule has 2 amide bonds. The van der Waals surface area contributed by atoms with Crippen LogP contribution in [0.2, 0.25) is 0 Å². The SMILES string of the molecule is COc1ccc(OC)c([C@H]2CC(c3ccccc3F)=NN2C(=O)CN(C)C(=O)c2ccco2)c1. The van der Waals surface area contributed by atoms with Crippen molar-refractivity contribution in [3.05, 3.63) is 83.6 Å². The number of carbonyl (C=O) groups is 2. The zero-order chi connectivity index (χ0) is 24.2. The summed E-state index contributed by atoms with van der Waals surface area (Å²) in [6.07, 6.45) is 1.64. The minimum atomic E-state index is -0.584. The van der Waals surface area contributed by atoms with Gasteiger partial charge in [0.1, 0.15) is 23.9 Å². The third-order valence-corrected chi connectivity index (χ3v) is 5.60. The zero-order valence-electron chi connectivity index (χ0n) is 19.0. The quantitative estimate of drug-likeness (QED) is 0.529. The van der Waals surface area contributed by atoms with Gasteiger partial charge in [0.2, 0.25) is 0 Å². The molecule has 176 valence electrons. The van der Waals surface area contributed by atoms with E-state index in [4.69, 9.17) is 13.9 Å². The number of benzene rings is 2. The molecule has 1 aromatic heterocycles. The number of methoxy groups -OCH3 is 2. The fourth-order valence-electron chi connectivity index (χ4n) is 3.88. The predicted octanol–water partition coefficient (Wildman–Crippen LogP) is 3.89. The smallest absolute Gasteiger partial charge is 0.289 e. The normalized spacial score (nSPS) is 15.1. The second kappa shape index (κ2) is 9.78. The van der Waals surface area contributed by atoms with Crippen molar-refractivity contribution in [3.63, 3.8) is 0 Å². The fraction of sp³-hybridized carbons (Fsp3) is 0.240. The Morgan fingerprint density at radius 1 is 1.15 bits per heavy atom. The molecule has 9 heteroatoms. The highest BCUT2D eigenvalue weighted by Gasteiger charge is 2.36. The summed E-state index contributed by atoms with van der Waals surface area (Å²) in [6.45, 7) is -0.254. The highest BCUT2D eigenvalue weighted by molar-refractivity contribution is 6.04. The van der Waals surface area contributed by atoms with E-state index in [1.165, 1.54) is 42.5 Å². The van der Waals surface area contributed by atoms with E-state index in [9.17, 15) is 14.0 Å². The number of hydrazone groups is 1. The first kappa shape index (κ1) is 23.0. The number of rotatable bonds is 7. The van der Waals surface area contributed by atoms with Crippen LogP contribution in [0, 0.1) is 5.82 Å². The maximum Gasteiger partial charge on any atom is 0.289 e. The number of nitrogens with zero attached hydrogens (tertiary/aromatic N) is 3. The van der Waals surface area contributed by atoms with Crippen molar-refractivity contribution in [2.24, 2.45) is 5.10 Å². The van der Waals surface area contributed by atoms with Gasteiger partial charge in [0.05, 0.1) is 32.2 Å². The molecule has 8 nitrogen and oxygen atoms in total. The molecule has 0 aliphatic carbocycles. The predicted molar refractivity (Wildman–Crippen MR) is 122 cm³/mol. The van der Waals surface area contributed by atoms with Crippen LogP contribution in [0.3, 0.4) is 0 Å². The van der Waals surface area contributed by atoms with Gasteiger partial charge in [0.25, 0.3) is 11.8 Å². The minimum Gasteiger partial charge on any atom is -0.497 e. The van der Waals surface area contributed by atoms with Crippen molar-refractivity contribution in [2.45, 2.75) is 12.5 Å². The number of carbonyl (C=O) groups excluding carboxylic acids is 2. The number of likely N-dealkylation sites (N-methyl/N-ethyl adjacent to an activating group) is 1. The monoisotopic (exact) mass is 465 g/mol. The maximum atomic E-state index is 14.5. The summed E-state index contributed by atoms with van der Waals surface area (Å²) in [5.74, 6) is -0.0773. The van der Waals surface area contributed by atoms with Gasteiger partial charge >= 0.3 is 0 Å². The summed E-state index contributed by atoms with van der Waals surface area (Å²) in [5.41, 5.74) is 1.39. The lowest BCUT2D eigenvalue weighted by atomic mass is 9.97. The molecule has 2 heterocycles. The summed E-state index contributed by atoms with van der Waals surface area (Å²) in [7, 11) is 4.57. The van der Waals surface area contributed by atoms with Crippen LogP contribution < -0.4 is 9.47 Å². The van der Waals surface area contributed by atoms with Crippen LogP contribution in [-0.4, -0.2) is 55.2 Å². The number of hydrogen-bond donors (Lipinski definition) is 0. The minimum absolute atomic E-state index is 0.123. The van der Waals surface area contributed by atoms with Crippen LogP contribution >= 0.6 is 0 Å². The largest absolute Gasteiger partial charge is 0.497 e. The first-order valence-electron chi connectivity index (χ1n) is 10.6. The first-order valence-corrected chi connectivity index (χ1v) is 10.6. The topological polar surface area (TPSA) is 84.6 Å². The molecule has 3 aromatic rings. The van der Waals surface area contributed by atoms with Gasteiger partial charge in [-0.05, 0) is 36.4 Å². The molecular weight excluding hydrogens is 441 g/mol. The highest BCUT2D eigenvalue weighted by Crippen LogP contribution is 2.39. The van der Waals surface area contributed by atoms with Gasteiger partial charge in [0.15, 0.2) is 5.76 Å². The molecule has 1 atom stereocenters. The Morgan fingerprint density at radius 2 is 1.94 bits per heavy atom. The Hall–Kier alpha value is -4.14. The third kappa shape index (κ3) is 4.50. The molecule has 0 radical (unpaired) electrons. The number of ether oxygens (including phenoxy) is 2. The number of hydrogen-bond acceptors (Lipinski definition) is 6. The van der Waals surface area contributed by atoms with Crippen molar-refractivity contribution in [1.82, 2.24) is 9.91 Å². The van der Waals surface area contributed by atoms with Gasteiger partial charge in [0, 0.05) is 24.6 Å². The average Bonchev–Trinajstić information content (AvgIpc) is 3.54. The summed E-state index contributed by atoms with van der Waals surface area (Å²) < 4.78 is 30.6. The van der Waals surface area contributed by atoms with Crippen molar-refractivity contribution in [3.8, 4) is 11.5 Å². The van der Waals surface area contributed by atoms with E-state index >= 15 is 0 Å². The Bertz CT molecular complexity index is 1230. The summed E-state index contributed by atoms with van der Waals surface area (Å²) in [6, 6.07) is 14.1. The van der Waals surface area contributed by atoms with Crippen LogP contribution in [0.25, 0.3) is 0 Å². The van der Waals surface area contributed by atoms with Crippen LogP contribution in [0.5, 0.6) is 11.5 Å². The van der Waals surface area contributed by atoms with Crippen molar-refractivity contribution < 1.29 is 27.9 Å². The molecule has 2 aromatic carbocycles. The lowest BCUT2D eigenvalue weighted by molar-refractivity contribution is -0.133. The van der Waals surface area contributed by atoms with Crippen LogP contribution in [0.1, 0.15) is 34.1 Å².